The molecule has 2 aliphatic rings. The maximum Gasteiger partial charge on any atom is 0.490 e. The van der Waals surface area contributed by atoms with Gasteiger partial charge in [-0.15, -0.1) is 0 Å². The van der Waals surface area contributed by atoms with E-state index in [1.807, 2.05) is 0 Å². The first-order valence-corrected chi connectivity index (χ1v) is 13.2. The third kappa shape index (κ3) is 8.59. The van der Waals surface area contributed by atoms with Gasteiger partial charge in [0.25, 0.3) is 5.91 Å². The lowest BCUT2D eigenvalue weighted by Crippen LogP contribution is -2.42. The molecule has 0 aromatic rings. The molecule has 2 heterocycles. The van der Waals surface area contributed by atoms with Gasteiger partial charge in [0.15, 0.2) is 0 Å². The summed E-state index contributed by atoms with van der Waals surface area (Å²) in [5.74, 6) is -0.215. The summed E-state index contributed by atoms with van der Waals surface area (Å²) in [5, 5.41) is 5.71. The molecule has 0 aliphatic carbocycles. The van der Waals surface area contributed by atoms with Crippen molar-refractivity contribution in [1.29, 1.82) is 0 Å². The van der Waals surface area contributed by atoms with E-state index >= 15 is 0 Å². The lowest BCUT2D eigenvalue weighted by atomic mass is 10.1. The molecule has 18 nitrogen and oxygen atoms in total. The molecular weight excluding hydrogens is 515 g/mol. The monoisotopic (exact) mass is 535 g/mol. The molecule has 1 fully saturated rings. The number of hydrogen-bond acceptors (Lipinski definition) is 11. The molecule has 2 rings (SSSR count). The highest BCUT2D eigenvalue weighted by Crippen LogP contribution is 2.66. The Morgan fingerprint density at radius 2 is 1.97 bits per heavy atom. The van der Waals surface area contributed by atoms with Crippen LogP contribution in [0.5, 0.6) is 0 Å². The van der Waals surface area contributed by atoms with Crippen molar-refractivity contribution in [2.45, 2.75) is 31.8 Å². The number of nitrogens with zero attached hydrogens (tertiary/aromatic N) is 4. The van der Waals surface area contributed by atoms with Crippen LogP contribution in [0.15, 0.2) is 29.3 Å². The average molecular weight is 535 g/mol. The summed E-state index contributed by atoms with van der Waals surface area (Å²) in [6.45, 7) is 4.01. The third-order valence-electron chi connectivity index (χ3n) is 3.98. The summed E-state index contributed by atoms with van der Waals surface area (Å²) >= 11 is 0. The number of carbonyl (C=O) groups excluding carboxylic acids is 1. The third-order valence-corrected chi connectivity index (χ3v) is 7.78. The fourth-order valence-electron chi connectivity index (χ4n) is 2.72. The Bertz CT molecular complexity index is 1010. The van der Waals surface area contributed by atoms with Crippen molar-refractivity contribution in [3.8, 4) is 0 Å². The van der Waals surface area contributed by atoms with Gasteiger partial charge >= 0.3 is 23.5 Å². The minimum Gasteiger partial charge on any atom is -0.369 e. The molecule has 0 spiro atoms. The average Bonchev–Trinajstić information content (AvgIpc) is 3.03. The van der Waals surface area contributed by atoms with E-state index in [4.69, 9.17) is 24.8 Å². The predicted molar refractivity (Wildman–Crippen MR) is 105 cm³/mol. The van der Waals surface area contributed by atoms with E-state index in [9.17, 15) is 28.3 Å². The second-order valence-corrected chi connectivity index (χ2v) is 10.9. The highest BCUT2D eigenvalue weighted by molar-refractivity contribution is 7.66. The second kappa shape index (κ2) is 10.8. The number of nitrogens with one attached hydrogen (secondary N) is 1. The number of amides is 1. The highest BCUT2D eigenvalue weighted by Gasteiger charge is 2.44. The van der Waals surface area contributed by atoms with Gasteiger partial charge < -0.3 is 39.3 Å². The van der Waals surface area contributed by atoms with Crippen molar-refractivity contribution in [3.05, 3.63) is 34.6 Å². The van der Waals surface area contributed by atoms with Crippen LogP contribution in [0.1, 0.15) is 13.3 Å². The Kier molecular flexibility index (Phi) is 9.01. The molecule has 0 saturated carbocycles. The smallest absolute Gasteiger partial charge is 0.369 e. The Balaban J connectivity index is 2.10. The highest BCUT2D eigenvalue weighted by atomic mass is 31.3. The topological polar surface area (TPSA) is 259 Å². The Morgan fingerprint density at radius 1 is 1.30 bits per heavy atom. The molecule has 5 unspecified atom stereocenters. The van der Waals surface area contributed by atoms with Crippen molar-refractivity contribution < 1.29 is 60.7 Å². The number of phosphoric ester groups is 1. The molecule has 186 valence electrons. The molecule has 0 aromatic heterocycles. The molecule has 21 heteroatoms. The molecule has 1 saturated heterocycles. The zero-order chi connectivity index (χ0) is 25.0. The first kappa shape index (κ1) is 27.6. The summed E-state index contributed by atoms with van der Waals surface area (Å²) in [6, 6.07) is 0. The van der Waals surface area contributed by atoms with E-state index in [0.717, 1.165) is 0 Å². The maximum absolute atomic E-state index is 12.0. The van der Waals surface area contributed by atoms with E-state index in [1.165, 1.54) is 18.0 Å². The zero-order valence-corrected chi connectivity index (χ0v) is 19.4. The summed E-state index contributed by atoms with van der Waals surface area (Å²) < 4.78 is 57.0. The molecule has 0 radical (unpaired) electrons. The van der Waals surface area contributed by atoms with Crippen LogP contribution in [0.4, 0.5) is 0 Å². The fourth-order valence-corrected chi connectivity index (χ4v) is 5.75. The van der Waals surface area contributed by atoms with Gasteiger partial charge in [0, 0.05) is 23.1 Å². The molecule has 33 heavy (non-hydrogen) atoms. The molecule has 5 N–H and O–H groups in total. The lowest BCUT2D eigenvalue weighted by molar-refractivity contribution is -0.119. The summed E-state index contributed by atoms with van der Waals surface area (Å²) in [4.78, 5) is 51.6. The Hall–Kier alpha value is -1.61. The van der Waals surface area contributed by atoms with Crippen LogP contribution < -0.4 is 5.32 Å². The van der Waals surface area contributed by atoms with Crippen LogP contribution in [0.25, 0.3) is 10.4 Å². The second-order valence-electron chi connectivity index (χ2n) is 6.44. The molecule has 0 aromatic carbocycles. The summed E-state index contributed by atoms with van der Waals surface area (Å²) in [7, 11) is -16.6. The molecular formula is C12H20N5O13P3. The van der Waals surface area contributed by atoms with Crippen molar-refractivity contribution in [2.75, 3.05) is 13.3 Å². The van der Waals surface area contributed by atoms with E-state index in [2.05, 4.69) is 35.1 Å². The zero-order valence-electron chi connectivity index (χ0n) is 16.7. The number of rotatable bonds is 11. The molecule has 2 aliphatic heterocycles. The minimum atomic E-state index is -5.69. The maximum atomic E-state index is 12.0. The SMILES string of the molecule is C=C1NC(=O)C(C)=CN1C1CC(OCN=[N+]=[N-])C(COP(=O)(O)OP(=O)(O)OP(=O)(O)O)O1. The first-order valence-electron chi connectivity index (χ1n) is 8.66. The number of hydrogen-bond donors (Lipinski definition) is 5. The van der Waals surface area contributed by atoms with Gasteiger partial charge in [-0.2, -0.15) is 8.62 Å². The van der Waals surface area contributed by atoms with Gasteiger partial charge in [-0.05, 0) is 12.5 Å². The van der Waals surface area contributed by atoms with E-state index in [-0.39, 0.29) is 18.1 Å². The van der Waals surface area contributed by atoms with Crippen LogP contribution >= 0.6 is 23.5 Å². The van der Waals surface area contributed by atoms with Crippen molar-refractivity contribution >= 4 is 29.4 Å². The van der Waals surface area contributed by atoms with Crippen LogP contribution in [0, 0.1) is 0 Å². The normalized spacial score (nSPS) is 27.2. The fraction of sp³-hybridized carbons (Fsp3) is 0.583. The van der Waals surface area contributed by atoms with Crippen molar-refractivity contribution in [3.63, 3.8) is 0 Å². The summed E-state index contributed by atoms with van der Waals surface area (Å²) in [6.07, 6.45) is -1.33. The Labute approximate surface area is 185 Å². The van der Waals surface area contributed by atoms with E-state index < -0.39 is 55.2 Å². The van der Waals surface area contributed by atoms with Crippen molar-refractivity contribution in [1.82, 2.24) is 10.2 Å². The van der Waals surface area contributed by atoms with E-state index in [0.29, 0.717) is 5.57 Å². The minimum absolute atomic E-state index is 0.0735. The van der Waals surface area contributed by atoms with Crippen molar-refractivity contribution in [2.24, 2.45) is 5.11 Å². The molecule has 1 amide bonds. The first-order chi connectivity index (χ1) is 15.1. The number of phosphoric acid groups is 3. The standard InChI is InChI=1S/C12H20N5O13P3/c1-7-4-17(8(2)15-12(7)18)11-3-9(26-6-14-16-13)10(28-11)5-27-32(22,23)30-33(24,25)29-31(19,20)21/h4,9-11H,2-3,5-6H2,1H3,(H,15,18)(H,22,23)(H,24,25)(H2,19,20,21). The van der Waals surface area contributed by atoms with Crippen LogP contribution in [-0.4, -0.2) is 62.2 Å². The molecule has 0 bridgehead atoms. The van der Waals surface area contributed by atoms with Crippen LogP contribution in [0.3, 0.4) is 0 Å². The van der Waals surface area contributed by atoms with E-state index in [1.54, 1.807) is 0 Å². The molecule has 5 atom stereocenters. The van der Waals surface area contributed by atoms with Gasteiger partial charge in [-0.25, -0.2) is 13.7 Å². The van der Waals surface area contributed by atoms with Gasteiger partial charge in [-0.3, -0.25) is 9.32 Å². The van der Waals surface area contributed by atoms with Crippen LogP contribution in [-0.2, 0) is 41.1 Å². The van der Waals surface area contributed by atoms with Gasteiger partial charge in [0.05, 0.1) is 12.7 Å². The predicted octanol–water partition coefficient (Wildman–Crippen LogP) is 0.904. The van der Waals surface area contributed by atoms with Crippen LogP contribution in [0.2, 0.25) is 0 Å². The largest absolute Gasteiger partial charge is 0.490 e. The quantitative estimate of drug-likeness (QED) is 0.107. The lowest BCUT2D eigenvalue weighted by Gasteiger charge is -2.32. The van der Waals surface area contributed by atoms with Gasteiger partial charge in [0.2, 0.25) is 0 Å². The van der Waals surface area contributed by atoms with Gasteiger partial charge in [-0.1, -0.05) is 11.7 Å². The summed E-state index contributed by atoms with van der Waals surface area (Å²) in [5.41, 5.74) is 8.73. The number of carbonyl (C=O) groups is 1. The van der Waals surface area contributed by atoms with Gasteiger partial charge in [0.1, 0.15) is 24.9 Å². The number of azide groups is 1. The Morgan fingerprint density at radius 3 is 2.58 bits per heavy atom. The number of ether oxygens (including phenoxy) is 2.